The highest BCUT2D eigenvalue weighted by Crippen LogP contribution is 2.20. The number of aryl methyl sites for hydroxylation is 1. The lowest BCUT2D eigenvalue weighted by Crippen LogP contribution is -2.18. The third kappa shape index (κ3) is 4.29. The first-order valence-corrected chi connectivity index (χ1v) is 8.15. The number of nitro groups is 1. The number of rotatable bonds is 6. The van der Waals surface area contributed by atoms with Gasteiger partial charge < -0.3 is 5.32 Å². The van der Waals surface area contributed by atoms with Crippen LogP contribution in [0.1, 0.15) is 11.3 Å². The average Bonchev–Trinajstić information content (AvgIpc) is 3.17. The quantitative estimate of drug-likeness (QED) is 0.512. The Morgan fingerprint density at radius 2 is 2.15 bits per heavy atom. The summed E-state index contributed by atoms with van der Waals surface area (Å²) in [5.74, 6) is -0.880. The van der Waals surface area contributed by atoms with E-state index < -0.39 is 16.6 Å². The minimum absolute atomic E-state index is 0.103. The number of benzene rings is 1. The van der Waals surface area contributed by atoms with E-state index in [2.05, 4.69) is 15.5 Å². The summed E-state index contributed by atoms with van der Waals surface area (Å²) < 4.78 is 16.5. The summed E-state index contributed by atoms with van der Waals surface area (Å²) >= 11 is 5.99. The Labute approximate surface area is 157 Å². The molecule has 0 bridgehead atoms. The number of halogens is 2. The molecule has 140 valence electrons. The van der Waals surface area contributed by atoms with E-state index in [4.69, 9.17) is 11.6 Å². The van der Waals surface area contributed by atoms with Gasteiger partial charge in [0.1, 0.15) is 24.3 Å². The number of nitrogens with one attached hydrogen (secondary N) is 1. The molecular formula is C16H14ClFN6O3. The Balaban J connectivity index is 1.64. The summed E-state index contributed by atoms with van der Waals surface area (Å²) in [6.07, 6.45) is 4.12. The third-order valence-electron chi connectivity index (χ3n) is 3.72. The van der Waals surface area contributed by atoms with Crippen LogP contribution in [-0.2, 0) is 17.9 Å². The van der Waals surface area contributed by atoms with Crippen LogP contribution in [0.25, 0.3) is 0 Å². The van der Waals surface area contributed by atoms with Crippen molar-refractivity contribution in [1.82, 2.24) is 19.6 Å². The molecule has 3 aromatic rings. The van der Waals surface area contributed by atoms with Gasteiger partial charge in [-0.1, -0.05) is 17.7 Å². The second-order valence-electron chi connectivity index (χ2n) is 5.73. The van der Waals surface area contributed by atoms with Crippen molar-refractivity contribution in [3.05, 3.63) is 69.0 Å². The molecule has 2 heterocycles. The molecule has 0 fully saturated rings. The zero-order valence-corrected chi connectivity index (χ0v) is 14.9. The third-order valence-corrected chi connectivity index (χ3v) is 4.08. The minimum atomic E-state index is -0.561. The van der Waals surface area contributed by atoms with Crippen molar-refractivity contribution >= 4 is 28.9 Å². The Bertz CT molecular complexity index is 995. The van der Waals surface area contributed by atoms with Crippen LogP contribution in [0.3, 0.4) is 0 Å². The van der Waals surface area contributed by atoms with Crippen LogP contribution in [0, 0.1) is 22.9 Å². The molecule has 2 aromatic heterocycles. The van der Waals surface area contributed by atoms with Crippen LogP contribution in [0.5, 0.6) is 0 Å². The fourth-order valence-corrected chi connectivity index (χ4v) is 2.70. The average molecular weight is 393 g/mol. The molecule has 1 aromatic carbocycles. The fraction of sp³-hybridized carbons (Fsp3) is 0.188. The molecule has 1 amide bonds. The highest BCUT2D eigenvalue weighted by Gasteiger charge is 2.17. The highest BCUT2D eigenvalue weighted by molar-refractivity contribution is 6.31. The Hall–Kier alpha value is -3.27. The standard InChI is InChI=1S/C16H14ClFN6O3/c1-10-15(24(26)27)8-23(21-10)9-16(25)20-11-5-19-22(6-11)7-12-13(17)3-2-4-14(12)18/h2-6,8H,7,9H2,1H3,(H,20,25). The van der Waals surface area contributed by atoms with Crippen molar-refractivity contribution in [2.75, 3.05) is 5.32 Å². The fourth-order valence-electron chi connectivity index (χ4n) is 2.48. The molecule has 3 rings (SSSR count). The van der Waals surface area contributed by atoms with Crippen LogP contribution in [0.15, 0.2) is 36.8 Å². The van der Waals surface area contributed by atoms with E-state index in [1.165, 1.54) is 47.0 Å². The second-order valence-corrected chi connectivity index (χ2v) is 6.14. The maximum absolute atomic E-state index is 13.8. The van der Waals surface area contributed by atoms with Crippen LogP contribution >= 0.6 is 11.6 Å². The first-order valence-electron chi connectivity index (χ1n) is 7.77. The smallest absolute Gasteiger partial charge is 0.309 e. The maximum atomic E-state index is 13.8. The molecule has 9 nitrogen and oxygen atoms in total. The van der Waals surface area contributed by atoms with E-state index in [-0.39, 0.29) is 29.5 Å². The van der Waals surface area contributed by atoms with E-state index in [1.54, 1.807) is 6.07 Å². The molecule has 0 radical (unpaired) electrons. The zero-order chi connectivity index (χ0) is 19.6. The SMILES string of the molecule is Cc1nn(CC(=O)Nc2cnn(Cc3c(F)cccc3Cl)c2)cc1[N+](=O)[O-]. The van der Waals surface area contributed by atoms with Gasteiger partial charge in [0.2, 0.25) is 5.91 Å². The van der Waals surface area contributed by atoms with Crippen molar-refractivity contribution in [2.24, 2.45) is 0 Å². The Kier molecular flexibility index (Phi) is 5.17. The monoisotopic (exact) mass is 392 g/mol. The number of amides is 1. The Morgan fingerprint density at radius 1 is 1.37 bits per heavy atom. The number of hydrogen-bond acceptors (Lipinski definition) is 5. The molecule has 0 spiro atoms. The van der Waals surface area contributed by atoms with Gasteiger partial charge in [-0.15, -0.1) is 0 Å². The molecule has 11 heteroatoms. The van der Waals surface area contributed by atoms with Crippen LogP contribution in [-0.4, -0.2) is 30.4 Å². The normalized spacial score (nSPS) is 10.8. The predicted molar refractivity (Wildman–Crippen MR) is 95.0 cm³/mol. The first-order chi connectivity index (χ1) is 12.8. The van der Waals surface area contributed by atoms with Crippen LogP contribution in [0.2, 0.25) is 5.02 Å². The lowest BCUT2D eigenvalue weighted by molar-refractivity contribution is -0.385. The minimum Gasteiger partial charge on any atom is -0.322 e. The summed E-state index contributed by atoms with van der Waals surface area (Å²) in [5, 5.41) is 21.7. The van der Waals surface area contributed by atoms with Crippen LogP contribution < -0.4 is 5.32 Å². The number of carbonyl (C=O) groups excluding carboxylic acids is 1. The van der Waals surface area contributed by atoms with Crippen molar-refractivity contribution in [3.8, 4) is 0 Å². The van der Waals surface area contributed by atoms with Crippen molar-refractivity contribution in [3.63, 3.8) is 0 Å². The van der Waals surface area contributed by atoms with Gasteiger partial charge in [0, 0.05) is 16.8 Å². The molecule has 1 N–H and O–H groups in total. The molecular weight excluding hydrogens is 379 g/mol. The van der Waals surface area contributed by atoms with Crippen molar-refractivity contribution in [2.45, 2.75) is 20.0 Å². The van der Waals surface area contributed by atoms with E-state index in [0.29, 0.717) is 11.3 Å². The number of carbonyl (C=O) groups is 1. The molecule has 0 aliphatic carbocycles. The maximum Gasteiger partial charge on any atom is 0.309 e. The van der Waals surface area contributed by atoms with Gasteiger partial charge in [-0.05, 0) is 19.1 Å². The van der Waals surface area contributed by atoms with Crippen LogP contribution in [0.4, 0.5) is 15.8 Å². The van der Waals surface area contributed by atoms with E-state index in [1.807, 2.05) is 0 Å². The first kappa shape index (κ1) is 18.5. The van der Waals surface area contributed by atoms with E-state index >= 15 is 0 Å². The highest BCUT2D eigenvalue weighted by atomic mass is 35.5. The molecule has 0 saturated heterocycles. The Morgan fingerprint density at radius 3 is 2.81 bits per heavy atom. The molecule has 27 heavy (non-hydrogen) atoms. The van der Waals surface area contributed by atoms with Gasteiger partial charge in [-0.3, -0.25) is 24.3 Å². The molecule has 0 atom stereocenters. The molecule has 0 aliphatic rings. The number of aromatic nitrogens is 4. The van der Waals surface area contributed by atoms with Gasteiger partial charge in [0.05, 0.1) is 23.4 Å². The van der Waals surface area contributed by atoms with E-state index in [0.717, 1.165) is 0 Å². The largest absolute Gasteiger partial charge is 0.322 e. The van der Waals surface area contributed by atoms with Gasteiger partial charge in [0.15, 0.2) is 0 Å². The summed E-state index contributed by atoms with van der Waals surface area (Å²) in [6, 6.07) is 4.40. The second kappa shape index (κ2) is 7.54. The zero-order valence-electron chi connectivity index (χ0n) is 14.1. The van der Waals surface area contributed by atoms with Gasteiger partial charge in [0.25, 0.3) is 0 Å². The summed E-state index contributed by atoms with van der Waals surface area (Å²) in [6.45, 7) is 1.40. The molecule has 0 saturated carbocycles. The number of nitrogens with zero attached hydrogens (tertiary/aromatic N) is 5. The summed E-state index contributed by atoms with van der Waals surface area (Å²) in [4.78, 5) is 22.3. The number of anilines is 1. The molecule has 0 aliphatic heterocycles. The topological polar surface area (TPSA) is 108 Å². The van der Waals surface area contributed by atoms with Gasteiger partial charge in [-0.25, -0.2) is 4.39 Å². The van der Waals surface area contributed by atoms with Crippen molar-refractivity contribution < 1.29 is 14.1 Å². The lowest BCUT2D eigenvalue weighted by atomic mass is 10.2. The van der Waals surface area contributed by atoms with E-state index in [9.17, 15) is 19.3 Å². The van der Waals surface area contributed by atoms with Gasteiger partial charge >= 0.3 is 5.69 Å². The summed E-state index contributed by atoms with van der Waals surface area (Å²) in [7, 11) is 0. The summed E-state index contributed by atoms with van der Waals surface area (Å²) in [5.41, 5.74) is 0.755. The lowest BCUT2D eigenvalue weighted by Gasteiger charge is -2.06. The predicted octanol–water partition coefficient (Wildman–Crippen LogP) is 2.78. The molecule has 0 unspecified atom stereocenters. The van der Waals surface area contributed by atoms with Gasteiger partial charge in [-0.2, -0.15) is 10.2 Å². The number of hydrogen-bond donors (Lipinski definition) is 1. The van der Waals surface area contributed by atoms with Crippen molar-refractivity contribution in [1.29, 1.82) is 0 Å².